The summed E-state index contributed by atoms with van der Waals surface area (Å²) in [6.07, 6.45) is 7.84. The molecule has 21 heavy (non-hydrogen) atoms. The fourth-order valence-corrected chi connectivity index (χ4v) is 3.22. The third-order valence-electron chi connectivity index (χ3n) is 4.66. The Morgan fingerprint density at radius 1 is 1.19 bits per heavy atom. The minimum Gasteiger partial charge on any atom is -0.369 e. The maximum atomic E-state index is 13.1. The monoisotopic (exact) mass is 291 g/mol. The van der Waals surface area contributed by atoms with Crippen LogP contribution < -0.4 is 5.32 Å². The van der Waals surface area contributed by atoms with Crippen molar-refractivity contribution in [3.63, 3.8) is 0 Å². The third-order valence-corrected chi connectivity index (χ3v) is 4.66. The molecule has 0 bridgehead atoms. The molecule has 2 fully saturated rings. The van der Waals surface area contributed by atoms with Crippen LogP contribution in [0.2, 0.25) is 0 Å². The van der Waals surface area contributed by atoms with Gasteiger partial charge in [-0.25, -0.2) is 4.39 Å². The molecule has 2 aliphatic rings. The van der Waals surface area contributed by atoms with Gasteiger partial charge in [0.05, 0.1) is 12.2 Å². The van der Waals surface area contributed by atoms with Crippen molar-refractivity contribution in [1.82, 2.24) is 5.32 Å². The van der Waals surface area contributed by atoms with E-state index in [-0.39, 0.29) is 11.9 Å². The SMILES string of the molecule is CC1CCCC(OC(CNC2CC2)c2ccc(F)cc2)C1. The van der Waals surface area contributed by atoms with Crippen LogP contribution in [0.3, 0.4) is 0 Å². The summed E-state index contributed by atoms with van der Waals surface area (Å²) in [5.74, 6) is 0.577. The first-order chi connectivity index (χ1) is 10.2. The smallest absolute Gasteiger partial charge is 0.123 e. The quantitative estimate of drug-likeness (QED) is 0.847. The average molecular weight is 291 g/mol. The van der Waals surface area contributed by atoms with Gasteiger partial charge in [0.1, 0.15) is 5.82 Å². The molecule has 0 amide bonds. The minimum absolute atomic E-state index is 0.0431. The summed E-state index contributed by atoms with van der Waals surface area (Å²) in [4.78, 5) is 0. The zero-order valence-corrected chi connectivity index (χ0v) is 12.9. The number of rotatable bonds is 6. The van der Waals surface area contributed by atoms with Gasteiger partial charge in [-0.2, -0.15) is 0 Å². The second kappa shape index (κ2) is 6.89. The molecular weight excluding hydrogens is 265 g/mol. The highest BCUT2D eigenvalue weighted by atomic mass is 19.1. The summed E-state index contributed by atoms with van der Waals surface area (Å²) in [5.41, 5.74) is 1.09. The second-order valence-corrected chi connectivity index (χ2v) is 6.75. The van der Waals surface area contributed by atoms with Crippen molar-refractivity contribution >= 4 is 0 Å². The summed E-state index contributed by atoms with van der Waals surface area (Å²) >= 11 is 0. The molecule has 3 rings (SSSR count). The van der Waals surface area contributed by atoms with Gasteiger partial charge in [-0.1, -0.05) is 31.9 Å². The lowest BCUT2D eigenvalue weighted by atomic mass is 9.88. The molecule has 0 radical (unpaired) electrons. The zero-order chi connectivity index (χ0) is 14.7. The molecule has 3 unspecified atom stereocenters. The molecule has 3 heteroatoms. The molecule has 2 aliphatic carbocycles. The molecule has 0 spiro atoms. The van der Waals surface area contributed by atoms with E-state index in [4.69, 9.17) is 4.74 Å². The molecule has 0 saturated heterocycles. The second-order valence-electron chi connectivity index (χ2n) is 6.75. The molecule has 1 N–H and O–H groups in total. The van der Waals surface area contributed by atoms with Gasteiger partial charge in [0.15, 0.2) is 0 Å². The van der Waals surface area contributed by atoms with Gasteiger partial charge in [0, 0.05) is 12.6 Å². The first-order valence-corrected chi connectivity index (χ1v) is 8.35. The van der Waals surface area contributed by atoms with Gasteiger partial charge in [0.2, 0.25) is 0 Å². The molecule has 116 valence electrons. The van der Waals surface area contributed by atoms with Crippen LogP contribution in [0, 0.1) is 11.7 Å². The zero-order valence-electron chi connectivity index (χ0n) is 12.9. The predicted octanol–water partition coefficient (Wildman–Crippen LogP) is 4.21. The highest BCUT2D eigenvalue weighted by molar-refractivity contribution is 5.19. The number of hydrogen-bond donors (Lipinski definition) is 1. The van der Waals surface area contributed by atoms with Crippen molar-refractivity contribution in [3.8, 4) is 0 Å². The lowest BCUT2D eigenvalue weighted by Crippen LogP contribution is -2.30. The summed E-state index contributed by atoms with van der Waals surface area (Å²) < 4.78 is 19.5. The third kappa shape index (κ3) is 4.52. The lowest BCUT2D eigenvalue weighted by molar-refractivity contribution is -0.0396. The Balaban J connectivity index is 1.63. The molecule has 2 nitrogen and oxygen atoms in total. The summed E-state index contributed by atoms with van der Waals surface area (Å²) in [6, 6.07) is 7.46. The normalized spacial score (nSPS) is 27.5. The summed E-state index contributed by atoms with van der Waals surface area (Å²) in [5, 5.41) is 3.55. The fraction of sp³-hybridized carbons (Fsp3) is 0.667. The van der Waals surface area contributed by atoms with Gasteiger partial charge >= 0.3 is 0 Å². The maximum Gasteiger partial charge on any atom is 0.123 e. The molecule has 3 atom stereocenters. The van der Waals surface area contributed by atoms with E-state index in [9.17, 15) is 4.39 Å². The Morgan fingerprint density at radius 2 is 1.95 bits per heavy atom. The van der Waals surface area contributed by atoms with E-state index in [1.165, 1.54) is 37.8 Å². The average Bonchev–Trinajstić information content (AvgIpc) is 3.29. The first-order valence-electron chi connectivity index (χ1n) is 8.35. The fourth-order valence-electron chi connectivity index (χ4n) is 3.22. The van der Waals surface area contributed by atoms with Crippen molar-refractivity contribution in [3.05, 3.63) is 35.6 Å². The van der Waals surface area contributed by atoms with Crippen molar-refractivity contribution in [2.24, 2.45) is 5.92 Å². The van der Waals surface area contributed by atoms with Crippen LogP contribution in [0.1, 0.15) is 57.1 Å². The standard InChI is InChI=1S/C18H26FNO/c1-13-3-2-4-17(11-13)21-18(12-20-16-9-10-16)14-5-7-15(19)8-6-14/h5-8,13,16-18,20H,2-4,9-12H2,1H3. The van der Waals surface area contributed by atoms with Gasteiger partial charge in [-0.3, -0.25) is 0 Å². The van der Waals surface area contributed by atoms with E-state index < -0.39 is 0 Å². The van der Waals surface area contributed by atoms with E-state index in [1.807, 2.05) is 12.1 Å². The first kappa shape index (κ1) is 15.0. The van der Waals surface area contributed by atoms with Crippen LogP contribution in [-0.4, -0.2) is 18.7 Å². The van der Waals surface area contributed by atoms with Crippen LogP contribution in [0.15, 0.2) is 24.3 Å². The number of halogens is 1. The molecule has 2 saturated carbocycles. The van der Waals surface area contributed by atoms with E-state index in [1.54, 1.807) is 0 Å². The maximum absolute atomic E-state index is 13.1. The van der Waals surface area contributed by atoms with Crippen molar-refractivity contribution in [2.45, 2.75) is 63.7 Å². The van der Waals surface area contributed by atoms with E-state index in [0.29, 0.717) is 12.1 Å². The Bertz CT molecular complexity index is 443. The molecule has 1 aromatic carbocycles. The molecule has 0 aliphatic heterocycles. The lowest BCUT2D eigenvalue weighted by Gasteiger charge is -2.31. The van der Waals surface area contributed by atoms with Crippen LogP contribution in [0.25, 0.3) is 0 Å². The topological polar surface area (TPSA) is 21.3 Å². The number of nitrogens with one attached hydrogen (secondary N) is 1. The predicted molar refractivity (Wildman–Crippen MR) is 82.7 cm³/mol. The highest BCUT2D eigenvalue weighted by Gasteiger charge is 2.26. The summed E-state index contributed by atoms with van der Waals surface area (Å²) in [6.45, 7) is 3.14. The minimum atomic E-state index is -0.182. The van der Waals surface area contributed by atoms with Crippen molar-refractivity contribution in [1.29, 1.82) is 0 Å². The number of ether oxygens (including phenoxy) is 1. The van der Waals surface area contributed by atoms with E-state index in [2.05, 4.69) is 12.2 Å². The van der Waals surface area contributed by atoms with Crippen molar-refractivity contribution in [2.75, 3.05) is 6.54 Å². The Labute approximate surface area is 127 Å². The number of hydrogen-bond acceptors (Lipinski definition) is 2. The molecular formula is C18H26FNO. The molecule has 0 heterocycles. The van der Waals surface area contributed by atoms with E-state index >= 15 is 0 Å². The Morgan fingerprint density at radius 3 is 2.62 bits per heavy atom. The van der Waals surface area contributed by atoms with E-state index in [0.717, 1.165) is 30.9 Å². The Hall–Kier alpha value is -0.930. The van der Waals surface area contributed by atoms with Crippen LogP contribution in [0.4, 0.5) is 4.39 Å². The molecule has 0 aromatic heterocycles. The van der Waals surface area contributed by atoms with Gasteiger partial charge in [-0.15, -0.1) is 0 Å². The largest absolute Gasteiger partial charge is 0.369 e. The van der Waals surface area contributed by atoms with Gasteiger partial charge < -0.3 is 10.1 Å². The number of benzene rings is 1. The van der Waals surface area contributed by atoms with Crippen molar-refractivity contribution < 1.29 is 9.13 Å². The van der Waals surface area contributed by atoms with Crippen LogP contribution >= 0.6 is 0 Å². The summed E-state index contributed by atoms with van der Waals surface area (Å²) in [7, 11) is 0. The van der Waals surface area contributed by atoms with Crippen LogP contribution in [-0.2, 0) is 4.74 Å². The van der Waals surface area contributed by atoms with Gasteiger partial charge in [-0.05, 0) is 49.3 Å². The van der Waals surface area contributed by atoms with Gasteiger partial charge in [0.25, 0.3) is 0 Å². The molecule has 1 aromatic rings. The Kier molecular flexibility index (Phi) is 4.91. The highest BCUT2D eigenvalue weighted by Crippen LogP contribution is 2.30. The van der Waals surface area contributed by atoms with Crippen LogP contribution in [0.5, 0.6) is 0 Å².